The average Bonchev–Trinajstić information content (AvgIpc) is 2.81. The van der Waals surface area contributed by atoms with E-state index in [1.165, 1.54) is 21.9 Å². The Bertz CT molecular complexity index is 1010. The molecule has 0 bridgehead atoms. The Kier molecular flexibility index (Phi) is 7.02. The number of nitrogens with one attached hydrogen (secondary N) is 2. The van der Waals surface area contributed by atoms with Gasteiger partial charge in [0.1, 0.15) is 12.4 Å². The molecule has 0 spiro atoms. The first-order valence-corrected chi connectivity index (χ1v) is 10.7. The van der Waals surface area contributed by atoms with E-state index in [0.717, 1.165) is 25.3 Å². The fraction of sp³-hybridized carbons (Fsp3) is 0.320. The molecule has 162 valence electrons. The molecule has 4 rings (SSSR count). The lowest BCUT2D eigenvalue weighted by molar-refractivity contribution is 0.0106. The Balaban J connectivity index is 1.36. The third-order valence-electron chi connectivity index (χ3n) is 5.66. The van der Waals surface area contributed by atoms with Crippen LogP contribution in [0.1, 0.15) is 23.5 Å². The normalized spacial score (nSPS) is 18.6. The largest absolute Gasteiger partial charge is 0.492 e. The maximum Gasteiger partial charge on any atom is 0.404 e. The minimum Gasteiger partial charge on any atom is -0.492 e. The van der Waals surface area contributed by atoms with Crippen molar-refractivity contribution in [1.82, 2.24) is 10.6 Å². The number of hydrogen-bond donors (Lipinski definition) is 3. The van der Waals surface area contributed by atoms with Crippen LogP contribution in [0.5, 0.6) is 5.75 Å². The lowest BCUT2D eigenvalue weighted by Crippen LogP contribution is -2.40. The molecule has 2 atom stereocenters. The summed E-state index contributed by atoms with van der Waals surface area (Å²) in [5.41, 5.74) is 2.42. The van der Waals surface area contributed by atoms with Crippen LogP contribution in [-0.2, 0) is 11.3 Å². The molecule has 6 heteroatoms. The van der Waals surface area contributed by atoms with Crippen LogP contribution in [0, 0.1) is 0 Å². The van der Waals surface area contributed by atoms with Crippen molar-refractivity contribution >= 4 is 16.9 Å². The number of rotatable bonds is 8. The van der Waals surface area contributed by atoms with E-state index in [9.17, 15) is 4.79 Å². The molecule has 1 amide bonds. The zero-order valence-electron chi connectivity index (χ0n) is 17.4. The van der Waals surface area contributed by atoms with Gasteiger partial charge < -0.3 is 25.2 Å². The van der Waals surface area contributed by atoms with Gasteiger partial charge in [0.15, 0.2) is 0 Å². The van der Waals surface area contributed by atoms with Crippen molar-refractivity contribution in [2.24, 2.45) is 0 Å². The number of piperidine rings is 1. The number of hydrogen-bond acceptors (Lipinski definition) is 4. The van der Waals surface area contributed by atoms with Crippen LogP contribution < -0.4 is 15.4 Å². The topological polar surface area (TPSA) is 79.8 Å². The predicted octanol–water partition coefficient (Wildman–Crippen LogP) is 4.15. The van der Waals surface area contributed by atoms with E-state index in [0.29, 0.717) is 19.1 Å². The first-order chi connectivity index (χ1) is 15.2. The third-order valence-corrected chi connectivity index (χ3v) is 5.66. The maximum atomic E-state index is 10.5. The standard InChI is InChI=1S/C25H28N2O4/c28-25(29)27-13-14-30-22-9-7-20(8-10-22)23-11-12-26-16-24(23)31-17-18-5-6-19-3-1-2-4-21(19)15-18/h1-10,15,23-24,26-27H,11-14,16-17H2,(H,28,29). The van der Waals surface area contributed by atoms with E-state index in [4.69, 9.17) is 14.6 Å². The van der Waals surface area contributed by atoms with Gasteiger partial charge in [0.25, 0.3) is 0 Å². The van der Waals surface area contributed by atoms with E-state index in [2.05, 4.69) is 65.2 Å². The molecular formula is C25H28N2O4. The molecule has 1 aliphatic rings. The molecule has 1 aliphatic heterocycles. The second-order valence-electron chi connectivity index (χ2n) is 7.78. The van der Waals surface area contributed by atoms with Crippen molar-refractivity contribution in [3.05, 3.63) is 77.9 Å². The van der Waals surface area contributed by atoms with Crippen LogP contribution in [0.4, 0.5) is 4.79 Å². The Morgan fingerprint density at radius 3 is 2.68 bits per heavy atom. The van der Waals surface area contributed by atoms with Crippen molar-refractivity contribution in [2.75, 3.05) is 26.2 Å². The first-order valence-electron chi connectivity index (χ1n) is 10.7. The van der Waals surface area contributed by atoms with Crippen LogP contribution in [0.3, 0.4) is 0 Å². The number of ether oxygens (including phenoxy) is 2. The molecule has 2 unspecified atom stereocenters. The van der Waals surface area contributed by atoms with E-state index in [1.54, 1.807) is 0 Å². The zero-order chi connectivity index (χ0) is 21.5. The summed E-state index contributed by atoms with van der Waals surface area (Å²) in [6, 6.07) is 22.9. The van der Waals surface area contributed by atoms with Crippen molar-refractivity contribution in [1.29, 1.82) is 0 Å². The maximum absolute atomic E-state index is 10.5. The van der Waals surface area contributed by atoms with Crippen LogP contribution in [-0.4, -0.2) is 43.5 Å². The number of amides is 1. The fourth-order valence-corrected chi connectivity index (χ4v) is 4.06. The second-order valence-corrected chi connectivity index (χ2v) is 7.78. The number of fused-ring (bicyclic) bond motifs is 1. The van der Waals surface area contributed by atoms with Crippen molar-refractivity contribution in [3.8, 4) is 5.75 Å². The van der Waals surface area contributed by atoms with Gasteiger partial charge in [-0.05, 0) is 53.1 Å². The number of carboxylic acid groups (broad SMARTS) is 1. The van der Waals surface area contributed by atoms with E-state index >= 15 is 0 Å². The van der Waals surface area contributed by atoms with Gasteiger partial charge in [0, 0.05) is 12.5 Å². The lowest BCUT2D eigenvalue weighted by atomic mass is 9.87. The van der Waals surface area contributed by atoms with Gasteiger partial charge in [-0.2, -0.15) is 0 Å². The Hall–Kier alpha value is -3.09. The molecule has 0 saturated carbocycles. The van der Waals surface area contributed by atoms with E-state index in [-0.39, 0.29) is 12.6 Å². The van der Waals surface area contributed by atoms with Gasteiger partial charge >= 0.3 is 6.09 Å². The molecule has 1 fully saturated rings. The quantitative estimate of drug-likeness (QED) is 0.477. The molecule has 3 N–H and O–H groups in total. The predicted molar refractivity (Wildman–Crippen MR) is 121 cm³/mol. The van der Waals surface area contributed by atoms with Gasteiger partial charge in [-0.15, -0.1) is 0 Å². The second kappa shape index (κ2) is 10.3. The van der Waals surface area contributed by atoms with E-state index in [1.807, 2.05) is 12.1 Å². The van der Waals surface area contributed by atoms with Crippen molar-refractivity contribution in [3.63, 3.8) is 0 Å². The summed E-state index contributed by atoms with van der Waals surface area (Å²) < 4.78 is 12.0. The van der Waals surface area contributed by atoms with Gasteiger partial charge in [-0.3, -0.25) is 0 Å². The summed E-state index contributed by atoms with van der Waals surface area (Å²) in [5, 5.41) is 16.8. The van der Waals surface area contributed by atoms with Crippen LogP contribution in [0.25, 0.3) is 10.8 Å². The summed E-state index contributed by atoms with van der Waals surface area (Å²) in [5.74, 6) is 1.06. The highest BCUT2D eigenvalue weighted by Crippen LogP contribution is 2.30. The molecule has 1 heterocycles. The van der Waals surface area contributed by atoms with Gasteiger partial charge in [-0.25, -0.2) is 4.79 Å². The summed E-state index contributed by atoms with van der Waals surface area (Å²) in [6.45, 7) is 2.95. The Morgan fingerprint density at radius 1 is 1.06 bits per heavy atom. The highest BCUT2D eigenvalue weighted by Gasteiger charge is 2.27. The Labute approximate surface area is 182 Å². The summed E-state index contributed by atoms with van der Waals surface area (Å²) >= 11 is 0. The monoisotopic (exact) mass is 420 g/mol. The van der Waals surface area contributed by atoms with E-state index < -0.39 is 6.09 Å². The minimum atomic E-state index is -1.04. The third kappa shape index (κ3) is 5.75. The van der Waals surface area contributed by atoms with Gasteiger partial charge in [0.05, 0.1) is 19.3 Å². The molecule has 3 aromatic rings. The molecule has 31 heavy (non-hydrogen) atoms. The van der Waals surface area contributed by atoms with Crippen LogP contribution in [0.15, 0.2) is 66.7 Å². The van der Waals surface area contributed by atoms with Crippen molar-refractivity contribution in [2.45, 2.75) is 25.0 Å². The Morgan fingerprint density at radius 2 is 1.87 bits per heavy atom. The van der Waals surface area contributed by atoms with Crippen LogP contribution >= 0.6 is 0 Å². The highest BCUT2D eigenvalue weighted by atomic mass is 16.5. The summed E-state index contributed by atoms with van der Waals surface area (Å²) in [7, 11) is 0. The summed E-state index contributed by atoms with van der Waals surface area (Å²) in [6.07, 6.45) is 0.0804. The molecule has 0 aromatic heterocycles. The number of benzene rings is 3. The van der Waals surface area contributed by atoms with Crippen LogP contribution in [0.2, 0.25) is 0 Å². The average molecular weight is 421 g/mol. The minimum absolute atomic E-state index is 0.103. The van der Waals surface area contributed by atoms with Gasteiger partial charge in [-0.1, -0.05) is 48.5 Å². The molecule has 1 saturated heterocycles. The van der Waals surface area contributed by atoms with Gasteiger partial charge in [0.2, 0.25) is 0 Å². The SMILES string of the molecule is O=C(O)NCCOc1ccc(C2CCNCC2OCc2ccc3ccccc3c2)cc1. The fourth-order valence-electron chi connectivity index (χ4n) is 4.06. The molecule has 6 nitrogen and oxygen atoms in total. The lowest BCUT2D eigenvalue weighted by Gasteiger charge is -2.32. The van der Waals surface area contributed by atoms with Crippen molar-refractivity contribution < 1.29 is 19.4 Å². The highest BCUT2D eigenvalue weighted by molar-refractivity contribution is 5.82. The smallest absolute Gasteiger partial charge is 0.404 e. The molecule has 0 aliphatic carbocycles. The molecule has 3 aromatic carbocycles. The summed E-state index contributed by atoms with van der Waals surface area (Å²) in [4.78, 5) is 10.5. The molecule has 0 radical (unpaired) electrons. The molecular weight excluding hydrogens is 392 g/mol. The first kappa shape index (κ1) is 21.2. The zero-order valence-corrected chi connectivity index (χ0v) is 17.4. The number of carbonyl (C=O) groups is 1.